The third-order valence-corrected chi connectivity index (χ3v) is 2.89. The van der Waals surface area contributed by atoms with E-state index in [-0.39, 0.29) is 12.4 Å². The molecule has 0 saturated carbocycles. The Morgan fingerprint density at radius 1 is 1.06 bits per heavy atom. The molecule has 0 heterocycles. The summed E-state index contributed by atoms with van der Waals surface area (Å²) in [7, 11) is 0. The van der Waals surface area contributed by atoms with Gasteiger partial charge in [-0.15, -0.1) is 0 Å². The first kappa shape index (κ1) is 12.9. The van der Waals surface area contributed by atoms with Gasteiger partial charge in [-0.1, -0.05) is 47.5 Å². The summed E-state index contributed by atoms with van der Waals surface area (Å²) in [6.45, 7) is -0.0654. The number of hydrogen-bond acceptors (Lipinski definition) is 2. The van der Waals surface area contributed by atoms with E-state index in [9.17, 15) is 4.79 Å². The average Bonchev–Trinajstić information content (AvgIpc) is 2.37. The second-order valence-corrected chi connectivity index (χ2v) is 4.50. The van der Waals surface area contributed by atoms with Gasteiger partial charge in [0.25, 0.3) is 0 Å². The molecule has 0 radical (unpaired) electrons. The summed E-state index contributed by atoms with van der Waals surface area (Å²) in [5.74, 6) is 0.354. The van der Waals surface area contributed by atoms with Crippen LogP contribution in [0.4, 0.5) is 0 Å². The second-order valence-electron chi connectivity index (χ2n) is 3.65. The quantitative estimate of drug-likeness (QED) is 0.783. The van der Waals surface area contributed by atoms with Crippen molar-refractivity contribution in [2.45, 2.75) is 0 Å². The molecule has 0 saturated heterocycles. The molecule has 0 N–H and O–H groups in total. The van der Waals surface area contributed by atoms with Gasteiger partial charge in [0.2, 0.25) is 0 Å². The molecule has 2 aromatic rings. The first-order chi connectivity index (χ1) is 8.66. The predicted octanol–water partition coefficient (Wildman–Crippen LogP) is 4.26. The summed E-state index contributed by atoms with van der Waals surface area (Å²) in [5.41, 5.74) is 0.523. The molecule has 0 aliphatic carbocycles. The minimum absolute atomic E-state index is 0.0654. The maximum atomic E-state index is 11.9. The van der Waals surface area contributed by atoms with E-state index < -0.39 is 0 Å². The average molecular weight is 281 g/mol. The highest BCUT2D eigenvalue weighted by atomic mass is 35.5. The van der Waals surface area contributed by atoms with E-state index in [1.807, 2.05) is 0 Å². The highest BCUT2D eigenvalue weighted by molar-refractivity contribution is 6.32. The van der Waals surface area contributed by atoms with Crippen LogP contribution in [0.15, 0.2) is 48.5 Å². The Kier molecular flexibility index (Phi) is 4.24. The molecule has 0 atom stereocenters. The van der Waals surface area contributed by atoms with Crippen LogP contribution in [0.1, 0.15) is 10.4 Å². The monoisotopic (exact) mass is 280 g/mol. The molecular formula is C14H10Cl2O2. The van der Waals surface area contributed by atoms with Crippen LogP contribution in [-0.4, -0.2) is 12.4 Å². The molecule has 0 aromatic heterocycles. The SMILES string of the molecule is O=C(COc1ccccc1Cl)c1cccc(Cl)c1. The third-order valence-electron chi connectivity index (χ3n) is 2.34. The van der Waals surface area contributed by atoms with E-state index >= 15 is 0 Å². The summed E-state index contributed by atoms with van der Waals surface area (Å²) in [4.78, 5) is 11.9. The zero-order valence-electron chi connectivity index (χ0n) is 9.40. The number of hydrogen-bond donors (Lipinski definition) is 0. The lowest BCUT2D eigenvalue weighted by Crippen LogP contribution is -2.11. The molecule has 2 nitrogen and oxygen atoms in total. The van der Waals surface area contributed by atoms with E-state index in [4.69, 9.17) is 27.9 Å². The Morgan fingerprint density at radius 2 is 1.83 bits per heavy atom. The number of carbonyl (C=O) groups is 1. The van der Waals surface area contributed by atoms with Crippen LogP contribution in [0, 0.1) is 0 Å². The Balaban J connectivity index is 2.03. The number of Topliss-reactive ketones (excluding diaryl/α,β-unsaturated/α-hetero) is 1. The zero-order chi connectivity index (χ0) is 13.0. The molecule has 0 aliphatic rings. The number of carbonyl (C=O) groups excluding carboxylic acids is 1. The van der Waals surface area contributed by atoms with Crippen LogP contribution in [-0.2, 0) is 0 Å². The van der Waals surface area contributed by atoms with Crippen LogP contribution in [0.5, 0.6) is 5.75 Å². The van der Waals surface area contributed by atoms with Gasteiger partial charge in [0, 0.05) is 10.6 Å². The van der Waals surface area contributed by atoms with Crippen LogP contribution in [0.3, 0.4) is 0 Å². The lowest BCUT2D eigenvalue weighted by atomic mass is 10.1. The summed E-state index contributed by atoms with van der Waals surface area (Å²) < 4.78 is 5.37. The van der Waals surface area contributed by atoms with Gasteiger partial charge in [0.05, 0.1) is 5.02 Å². The Bertz CT molecular complexity index is 567. The molecule has 2 rings (SSSR count). The smallest absolute Gasteiger partial charge is 0.200 e. The van der Waals surface area contributed by atoms with Crippen molar-refractivity contribution in [3.8, 4) is 5.75 Å². The van der Waals surface area contributed by atoms with Crippen LogP contribution < -0.4 is 4.74 Å². The van der Waals surface area contributed by atoms with Gasteiger partial charge >= 0.3 is 0 Å². The molecule has 18 heavy (non-hydrogen) atoms. The molecule has 0 fully saturated rings. The second kappa shape index (κ2) is 5.89. The van der Waals surface area contributed by atoms with E-state index in [1.54, 1.807) is 48.5 Å². The fraction of sp³-hybridized carbons (Fsp3) is 0.0714. The van der Waals surface area contributed by atoms with Gasteiger partial charge in [0.1, 0.15) is 5.75 Å². The van der Waals surface area contributed by atoms with E-state index in [1.165, 1.54) is 0 Å². The first-order valence-electron chi connectivity index (χ1n) is 5.33. The first-order valence-corrected chi connectivity index (χ1v) is 6.08. The van der Waals surface area contributed by atoms with Crippen molar-refractivity contribution in [1.29, 1.82) is 0 Å². The topological polar surface area (TPSA) is 26.3 Å². The lowest BCUT2D eigenvalue weighted by molar-refractivity contribution is 0.0921. The van der Waals surface area contributed by atoms with Gasteiger partial charge in [-0.2, -0.15) is 0 Å². The highest BCUT2D eigenvalue weighted by Gasteiger charge is 2.08. The van der Waals surface area contributed by atoms with Gasteiger partial charge in [0.15, 0.2) is 12.4 Å². The van der Waals surface area contributed by atoms with E-state index in [0.29, 0.717) is 21.4 Å². The molecule has 0 bridgehead atoms. The van der Waals surface area contributed by atoms with Crippen LogP contribution in [0.2, 0.25) is 10.0 Å². The summed E-state index contributed by atoms with van der Waals surface area (Å²) in [6.07, 6.45) is 0. The van der Waals surface area contributed by atoms with Crippen molar-refractivity contribution in [1.82, 2.24) is 0 Å². The van der Waals surface area contributed by atoms with E-state index in [2.05, 4.69) is 0 Å². The number of benzene rings is 2. The lowest BCUT2D eigenvalue weighted by Gasteiger charge is -2.07. The third kappa shape index (κ3) is 3.25. The minimum atomic E-state index is -0.141. The molecule has 4 heteroatoms. The largest absolute Gasteiger partial charge is 0.484 e. The fourth-order valence-electron chi connectivity index (χ4n) is 1.45. The van der Waals surface area contributed by atoms with Crippen molar-refractivity contribution < 1.29 is 9.53 Å². The predicted molar refractivity (Wildman–Crippen MR) is 72.7 cm³/mol. The number of ether oxygens (including phenoxy) is 1. The summed E-state index contributed by atoms with van der Waals surface area (Å²) in [6, 6.07) is 13.8. The van der Waals surface area contributed by atoms with Crippen LogP contribution >= 0.6 is 23.2 Å². The molecule has 0 amide bonds. The van der Waals surface area contributed by atoms with E-state index in [0.717, 1.165) is 0 Å². The van der Waals surface area contributed by atoms with Gasteiger partial charge in [-0.25, -0.2) is 0 Å². The maximum absolute atomic E-state index is 11.9. The summed E-state index contributed by atoms with van der Waals surface area (Å²) in [5, 5.41) is 1.01. The van der Waals surface area contributed by atoms with Crippen LogP contribution in [0.25, 0.3) is 0 Å². The van der Waals surface area contributed by atoms with Crippen molar-refractivity contribution in [3.05, 3.63) is 64.1 Å². The van der Waals surface area contributed by atoms with Crippen molar-refractivity contribution in [2.24, 2.45) is 0 Å². The number of ketones is 1. The standard InChI is InChI=1S/C14H10Cl2O2/c15-11-5-3-4-10(8-11)13(17)9-18-14-7-2-1-6-12(14)16/h1-8H,9H2. The molecule has 2 aromatic carbocycles. The molecule has 0 unspecified atom stereocenters. The molecule has 0 aliphatic heterocycles. The van der Waals surface area contributed by atoms with Crippen molar-refractivity contribution >= 4 is 29.0 Å². The zero-order valence-corrected chi connectivity index (χ0v) is 10.9. The number of rotatable bonds is 4. The number of halogens is 2. The molecular weight excluding hydrogens is 271 g/mol. The van der Waals surface area contributed by atoms with Gasteiger partial charge < -0.3 is 4.74 Å². The minimum Gasteiger partial charge on any atom is -0.484 e. The number of para-hydroxylation sites is 1. The van der Waals surface area contributed by atoms with Gasteiger partial charge in [-0.3, -0.25) is 4.79 Å². The maximum Gasteiger partial charge on any atom is 0.200 e. The Labute approximate surface area is 115 Å². The molecule has 0 spiro atoms. The van der Waals surface area contributed by atoms with Gasteiger partial charge in [-0.05, 0) is 24.3 Å². The highest BCUT2D eigenvalue weighted by Crippen LogP contribution is 2.23. The Morgan fingerprint density at radius 3 is 2.56 bits per heavy atom. The molecule has 92 valence electrons. The fourth-order valence-corrected chi connectivity index (χ4v) is 1.83. The normalized spacial score (nSPS) is 10.1. The van der Waals surface area contributed by atoms with Crippen molar-refractivity contribution in [2.75, 3.05) is 6.61 Å². The Hall–Kier alpha value is -1.51. The van der Waals surface area contributed by atoms with Crippen molar-refractivity contribution in [3.63, 3.8) is 0 Å². The summed E-state index contributed by atoms with van der Waals surface area (Å²) >= 11 is 11.7.